The van der Waals surface area contributed by atoms with E-state index in [4.69, 9.17) is 10.00 Å². The maximum absolute atomic E-state index is 14.6. The summed E-state index contributed by atoms with van der Waals surface area (Å²) < 4.78 is 77.4. The van der Waals surface area contributed by atoms with Crippen molar-refractivity contribution < 1.29 is 31.5 Å². The first-order chi connectivity index (χ1) is 31.2. The average Bonchev–Trinajstić information content (AvgIpc) is 3.75. The Hall–Kier alpha value is -5.95. The smallest absolute Gasteiger partial charge is 0.417 e. The SMILES string of the molecule is CC(=O)N1CCC(NC2CCN(CCCOc3ccc(C4CCN(c5ccc(C#N)c(C(F)(F)F)c5)CC4)cc3)CC2)=C(C(=N)N2CCCc3cc(-c4cnn(C)c4)c(C(F)F)cc32)C1. The number of halogens is 5. The number of piperidine rings is 2. The Kier molecular flexibility index (Phi) is 13.8. The van der Waals surface area contributed by atoms with E-state index in [1.165, 1.54) is 11.6 Å². The number of nitrogens with one attached hydrogen (secondary N) is 2. The highest BCUT2D eigenvalue weighted by Crippen LogP contribution is 2.41. The summed E-state index contributed by atoms with van der Waals surface area (Å²) in [6, 6.07) is 17.3. The Morgan fingerprint density at radius 1 is 0.985 bits per heavy atom. The Bertz CT molecular complexity index is 2430. The van der Waals surface area contributed by atoms with Crippen molar-refractivity contribution in [2.24, 2.45) is 7.05 Å². The van der Waals surface area contributed by atoms with Crippen LogP contribution >= 0.6 is 0 Å². The number of rotatable bonds is 12. The van der Waals surface area contributed by atoms with Gasteiger partial charge >= 0.3 is 6.18 Å². The summed E-state index contributed by atoms with van der Waals surface area (Å²) in [6.45, 7) is 7.46. The maximum Gasteiger partial charge on any atom is 0.417 e. The van der Waals surface area contributed by atoms with Gasteiger partial charge in [-0.05, 0) is 110 Å². The van der Waals surface area contributed by atoms with Gasteiger partial charge in [0, 0.05) is 112 Å². The molecule has 4 aliphatic rings. The van der Waals surface area contributed by atoms with E-state index in [1.807, 2.05) is 28.0 Å². The molecule has 0 radical (unpaired) electrons. The molecule has 8 rings (SSSR count). The molecule has 4 aliphatic heterocycles. The van der Waals surface area contributed by atoms with Crippen LogP contribution in [0.1, 0.15) is 92.0 Å². The Morgan fingerprint density at radius 3 is 2.40 bits per heavy atom. The number of aryl methyl sites for hydroxylation is 2. The van der Waals surface area contributed by atoms with Crippen LogP contribution < -0.4 is 19.9 Å². The van der Waals surface area contributed by atoms with Gasteiger partial charge in [-0.3, -0.25) is 14.9 Å². The van der Waals surface area contributed by atoms with E-state index in [9.17, 15) is 32.2 Å². The number of carbonyl (C=O) groups excluding carboxylic acids is 1. The van der Waals surface area contributed by atoms with Gasteiger partial charge in [0.15, 0.2) is 0 Å². The summed E-state index contributed by atoms with van der Waals surface area (Å²) in [5.74, 6) is 1.28. The molecule has 2 N–H and O–H groups in total. The van der Waals surface area contributed by atoms with Gasteiger partial charge in [-0.1, -0.05) is 12.1 Å². The molecule has 0 atom stereocenters. The zero-order chi connectivity index (χ0) is 45.8. The van der Waals surface area contributed by atoms with Gasteiger partial charge in [0.25, 0.3) is 6.43 Å². The highest BCUT2D eigenvalue weighted by atomic mass is 19.4. The number of hydrogen-bond acceptors (Lipinski definition) is 8. The molecule has 0 unspecified atom stereocenters. The van der Waals surface area contributed by atoms with Crippen LogP contribution in [-0.2, 0) is 24.4 Å². The van der Waals surface area contributed by atoms with Crippen LogP contribution in [0.5, 0.6) is 5.75 Å². The summed E-state index contributed by atoms with van der Waals surface area (Å²) >= 11 is 0. The van der Waals surface area contributed by atoms with E-state index in [-0.39, 0.29) is 35.5 Å². The lowest BCUT2D eigenvalue weighted by Gasteiger charge is -2.39. The van der Waals surface area contributed by atoms with Crippen molar-refractivity contribution in [1.29, 1.82) is 10.7 Å². The number of aromatic nitrogens is 2. The van der Waals surface area contributed by atoms with E-state index in [0.29, 0.717) is 74.0 Å². The zero-order valence-electron chi connectivity index (χ0n) is 36.9. The van der Waals surface area contributed by atoms with Crippen LogP contribution in [0.4, 0.5) is 33.3 Å². The van der Waals surface area contributed by atoms with Crippen molar-refractivity contribution >= 4 is 23.1 Å². The zero-order valence-corrected chi connectivity index (χ0v) is 36.9. The van der Waals surface area contributed by atoms with Crippen LogP contribution in [0.3, 0.4) is 0 Å². The van der Waals surface area contributed by atoms with Gasteiger partial charge in [-0.15, -0.1) is 0 Å². The number of amides is 1. The molecule has 0 spiro atoms. The third kappa shape index (κ3) is 10.5. The molecular formula is C49H56F5N9O2. The molecule has 344 valence electrons. The number of anilines is 2. The van der Waals surface area contributed by atoms with Gasteiger partial charge in [0.05, 0.1) is 36.5 Å². The fourth-order valence-electron chi connectivity index (χ4n) is 9.84. The molecule has 5 heterocycles. The highest BCUT2D eigenvalue weighted by molar-refractivity contribution is 6.09. The molecule has 65 heavy (non-hydrogen) atoms. The molecule has 0 saturated carbocycles. The van der Waals surface area contributed by atoms with Crippen molar-refractivity contribution in [3.8, 4) is 22.9 Å². The van der Waals surface area contributed by atoms with E-state index < -0.39 is 18.2 Å². The lowest BCUT2D eigenvalue weighted by atomic mass is 9.89. The number of nitrogens with zero attached hydrogens (tertiary/aromatic N) is 7. The number of alkyl halides is 5. The number of carbonyl (C=O) groups is 1. The van der Waals surface area contributed by atoms with Crippen LogP contribution in [0.15, 0.2) is 78.3 Å². The quantitative estimate of drug-likeness (QED) is 0.0627. The number of ether oxygens (including phenoxy) is 1. The van der Waals surface area contributed by atoms with Crippen LogP contribution in [0, 0.1) is 16.7 Å². The van der Waals surface area contributed by atoms with Gasteiger partial charge in [0.1, 0.15) is 11.6 Å². The molecule has 1 aromatic heterocycles. The summed E-state index contributed by atoms with van der Waals surface area (Å²) in [5.41, 5.74) is 4.64. The van der Waals surface area contributed by atoms with Crippen molar-refractivity contribution in [1.82, 2.24) is 24.9 Å². The maximum atomic E-state index is 14.6. The molecule has 4 aromatic rings. The molecule has 0 bridgehead atoms. The molecule has 2 saturated heterocycles. The number of likely N-dealkylation sites (tertiary alicyclic amines) is 1. The summed E-state index contributed by atoms with van der Waals surface area (Å²) in [5, 5.41) is 26.6. The van der Waals surface area contributed by atoms with Crippen LogP contribution in [0.25, 0.3) is 11.1 Å². The van der Waals surface area contributed by atoms with E-state index in [2.05, 4.69) is 27.4 Å². The Balaban J connectivity index is 0.818. The first-order valence-corrected chi connectivity index (χ1v) is 22.6. The van der Waals surface area contributed by atoms with Gasteiger partial charge in [0.2, 0.25) is 5.91 Å². The molecular weight excluding hydrogens is 842 g/mol. The fourth-order valence-corrected chi connectivity index (χ4v) is 9.84. The molecule has 1 amide bonds. The van der Waals surface area contributed by atoms with E-state index in [0.717, 1.165) is 86.8 Å². The van der Waals surface area contributed by atoms with Crippen molar-refractivity contribution in [2.45, 2.75) is 82.9 Å². The Morgan fingerprint density at radius 2 is 1.74 bits per heavy atom. The second-order valence-electron chi connectivity index (χ2n) is 17.7. The van der Waals surface area contributed by atoms with E-state index in [1.54, 1.807) is 54.1 Å². The Labute approximate surface area is 376 Å². The molecule has 16 heteroatoms. The number of hydrogen-bond donors (Lipinski definition) is 2. The average molecular weight is 898 g/mol. The number of amidine groups is 1. The highest BCUT2D eigenvalue weighted by Gasteiger charge is 2.35. The second-order valence-corrected chi connectivity index (χ2v) is 17.7. The largest absolute Gasteiger partial charge is 0.494 e. The molecule has 11 nitrogen and oxygen atoms in total. The summed E-state index contributed by atoms with van der Waals surface area (Å²) in [6.07, 6.45) is 2.45. The number of benzene rings is 3. The third-order valence-electron chi connectivity index (χ3n) is 13.5. The molecule has 0 aliphatic carbocycles. The van der Waals surface area contributed by atoms with E-state index >= 15 is 0 Å². The summed E-state index contributed by atoms with van der Waals surface area (Å²) in [7, 11) is 1.76. The predicted molar refractivity (Wildman–Crippen MR) is 240 cm³/mol. The van der Waals surface area contributed by atoms with Crippen molar-refractivity contribution in [3.05, 3.63) is 106 Å². The lowest BCUT2D eigenvalue weighted by molar-refractivity contribution is -0.137. The standard InChI is InChI=1S/C49H56F5N9O2/c1-32(64)62-23-16-45(43(31-62)48(56)63-18-3-5-35-25-41(37-29-57-59(2)30-37)42(47(50)51)27-46(35)63)58-38-14-19-60(20-15-38)17-4-24-65-40-10-7-33(8-11-40)34-12-21-61(22-13-34)39-9-6-36(28-55)44(26-39)49(52,53)54/h6-11,25-27,29-30,34,38,47,56,58H,3-5,12-24,31H2,1-2H3. The van der Waals surface area contributed by atoms with Crippen molar-refractivity contribution in [3.63, 3.8) is 0 Å². The number of fused-ring (bicyclic) bond motifs is 1. The lowest BCUT2D eigenvalue weighted by Crippen LogP contribution is -2.48. The minimum absolute atomic E-state index is 0.0596. The normalized spacial score (nSPS) is 17.9. The molecule has 3 aromatic carbocycles. The monoisotopic (exact) mass is 897 g/mol. The fraction of sp³-hybridized carbons (Fsp3) is 0.469. The second kappa shape index (κ2) is 19.7. The van der Waals surface area contributed by atoms with Crippen LogP contribution in [-0.4, -0.2) is 96.3 Å². The first-order valence-electron chi connectivity index (χ1n) is 22.6. The topological polar surface area (TPSA) is 117 Å². The van der Waals surface area contributed by atoms with Gasteiger partial charge < -0.3 is 29.7 Å². The van der Waals surface area contributed by atoms with Crippen LogP contribution in [0.2, 0.25) is 0 Å². The molecule has 2 fully saturated rings. The minimum Gasteiger partial charge on any atom is -0.494 e. The minimum atomic E-state index is -4.58. The van der Waals surface area contributed by atoms with Crippen molar-refractivity contribution in [2.75, 3.05) is 68.8 Å². The predicted octanol–water partition coefficient (Wildman–Crippen LogP) is 9.06. The summed E-state index contributed by atoms with van der Waals surface area (Å²) in [4.78, 5) is 20.6. The number of nitriles is 1. The third-order valence-corrected chi connectivity index (χ3v) is 13.5. The van der Waals surface area contributed by atoms with Gasteiger partial charge in [-0.2, -0.15) is 23.5 Å². The van der Waals surface area contributed by atoms with Gasteiger partial charge in [-0.25, -0.2) is 8.78 Å². The first kappa shape index (κ1) is 45.6.